The molecule has 0 aliphatic carbocycles. The number of anilines is 3. The van der Waals surface area contributed by atoms with Gasteiger partial charge in [0.15, 0.2) is 0 Å². The van der Waals surface area contributed by atoms with Gasteiger partial charge in [-0.1, -0.05) is 133 Å². The SMILES string of the molecule is c1ccc2c(-c3cc4c5ccccc5c5ccccc5c4cc3N(c3ccc4sc5ccccc5c4c3)c3cccc4sc5ccccc5c34)cccc2c1. The van der Waals surface area contributed by atoms with E-state index in [1.165, 1.54) is 100 Å². The van der Waals surface area contributed by atoms with Gasteiger partial charge in [-0.2, -0.15) is 0 Å². The molecule has 0 aliphatic heterocycles. The fraction of sp³-hybridized carbons (Fsp3) is 0. The first-order valence-electron chi connectivity index (χ1n) is 18.8. The van der Waals surface area contributed by atoms with E-state index in [1.54, 1.807) is 0 Å². The summed E-state index contributed by atoms with van der Waals surface area (Å²) in [6.07, 6.45) is 0. The molecule has 0 unspecified atom stereocenters. The van der Waals surface area contributed by atoms with Gasteiger partial charge in [-0.25, -0.2) is 0 Å². The maximum atomic E-state index is 2.56. The number of benzene rings is 10. The van der Waals surface area contributed by atoms with Gasteiger partial charge in [-0.15, -0.1) is 22.7 Å². The maximum absolute atomic E-state index is 2.56. The molecule has 0 aliphatic rings. The standard InChI is InChI=1S/C52H31NS2/c1-2-15-34-32(13-1)14-11-22-35(34)44-30-42-38-18-5-3-16-36(38)37-17-4-6-19-39(37)43(42)31-47(44)53(33-27-28-50-45(29-33)40-20-7-9-24-48(40)54-50)46-23-12-26-51-52(46)41-21-8-10-25-49(41)55-51/h1-31H. The summed E-state index contributed by atoms with van der Waals surface area (Å²) in [5, 5.41) is 15.2. The summed E-state index contributed by atoms with van der Waals surface area (Å²) in [7, 11) is 0. The van der Waals surface area contributed by atoms with Crippen molar-refractivity contribution < 1.29 is 0 Å². The number of nitrogens with zero attached hydrogens (tertiary/aromatic N) is 1. The second-order valence-corrected chi connectivity index (χ2v) is 16.6. The van der Waals surface area contributed by atoms with E-state index in [4.69, 9.17) is 0 Å². The predicted molar refractivity (Wildman–Crippen MR) is 242 cm³/mol. The molecule has 0 N–H and O–H groups in total. The van der Waals surface area contributed by atoms with Gasteiger partial charge in [-0.3, -0.25) is 0 Å². The van der Waals surface area contributed by atoms with Crippen LogP contribution < -0.4 is 4.90 Å². The fourth-order valence-electron chi connectivity index (χ4n) is 9.00. The molecule has 12 aromatic rings. The van der Waals surface area contributed by atoms with Crippen molar-refractivity contribution >= 4 is 123 Å². The van der Waals surface area contributed by atoms with Gasteiger partial charge >= 0.3 is 0 Å². The number of thiophene rings is 2. The largest absolute Gasteiger partial charge is 0.309 e. The highest BCUT2D eigenvalue weighted by Crippen LogP contribution is 2.51. The summed E-state index contributed by atoms with van der Waals surface area (Å²) in [5.41, 5.74) is 5.91. The molecule has 0 radical (unpaired) electrons. The van der Waals surface area contributed by atoms with Crippen molar-refractivity contribution in [2.45, 2.75) is 0 Å². The zero-order valence-corrected chi connectivity index (χ0v) is 31.3. The Balaban J connectivity index is 1.28. The van der Waals surface area contributed by atoms with Gasteiger partial charge in [0.05, 0.1) is 11.4 Å². The van der Waals surface area contributed by atoms with Crippen LogP contribution in [0.25, 0.3) is 94.6 Å². The first-order chi connectivity index (χ1) is 27.3. The zero-order chi connectivity index (χ0) is 36.0. The van der Waals surface area contributed by atoms with Gasteiger partial charge in [0.2, 0.25) is 0 Å². The van der Waals surface area contributed by atoms with Crippen LogP contribution in [0.3, 0.4) is 0 Å². The Morgan fingerprint density at radius 2 is 0.818 bits per heavy atom. The summed E-state index contributed by atoms with van der Waals surface area (Å²) in [6, 6.07) is 70.0. The number of rotatable bonds is 4. The Morgan fingerprint density at radius 3 is 1.58 bits per heavy atom. The molecule has 55 heavy (non-hydrogen) atoms. The van der Waals surface area contributed by atoms with Crippen LogP contribution in [0.15, 0.2) is 188 Å². The number of hydrogen-bond donors (Lipinski definition) is 0. The molecule has 0 fully saturated rings. The highest BCUT2D eigenvalue weighted by Gasteiger charge is 2.24. The summed E-state index contributed by atoms with van der Waals surface area (Å²) >= 11 is 3.74. The quantitative estimate of drug-likeness (QED) is 0.163. The van der Waals surface area contributed by atoms with Crippen LogP contribution >= 0.6 is 22.7 Å². The van der Waals surface area contributed by atoms with Crippen LogP contribution in [-0.4, -0.2) is 0 Å². The molecular formula is C52H31NS2. The summed E-state index contributed by atoms with van der Waals surface area (Å²) in [5.74, 6) is 0. The maximum Gasteiger partial charge on any atom is 0.0555 e. The third-order valence-electron chi connectivity index (χ3n) is 11.4. The second kappa shape index (κ2) is 12.0. The van der Waals surface area contributed by atoms with Gasteiger partial charge in [0.1, 0.15) is 0 Å². The molecule has 1 nitrogen and oxygen atoms in total. The van der Waals surface area contributed by atoms with E-state index in [-0.39, 0.29) is 0 Å². The molecule has 12 rings (SSSR count). The van der Waals surface area contributed by atoms with Crippen LogP contribution in [0, 0.1) is 0 Å². The van der Waals surface area contributed by atoms with Gasteiger partial charge in [0.25, 0.3) is 0 Å². The van der Waals surface area contributed by atoms with E-state index >= 15 is 0 Å². The molecule has 0 spiro atoms. The Morgan fingerprint density at radius 1 is 0.291 bits per heavy atom. The summed E-state index contributed by atoms with van der Waals surface area (Å²) < 4.78 is 5.20. The molecule has 0 saturated heterocycles. The second-order valence-electron chi connectivity index (χ2n) is 14.4. The Kier molecular flexibility index (Phi) is 6.74. The van der Waals surface area contributed by atoms with Crippen molar-refractivity contribution in [2.24, 2.45) is 0 Å². The minimum atomic E-state index is 1.14. The van der Waals surface area contributed by atoms with Crippen LogP contribution in [0.4, 0.5) is 17.1 Å². The van der Waals surface area contributed by atoms with Crippen LogP contribution in [-0.2, 0) is 0 Å². The highest BCUT2D eigenvalue weighted by molar-refractivity contribution is 7.26. The highest BCUT2D eigenvalue weighted by atomic mass is 32.1. The van der Waals surface area contributed by atoms with Crippen LogP contribution in [0.5, 0.6) is 0 Å². The van der Waals surface area contributed by atoms with Crippen LogP contribution in [0.1, 0.15) is 0 Å². The molecule has 0 atom stereocenters. The van der Waals surface area contributed by atoms with E-state index in [0.29, 0.717) is 0 Å². The normalized spacial score (nSPS) is 12.0. The van der Waals surface area contributed by atoms with Crippen molar-refractivity contribution in [3.05, 3.63) is 188 Å². The number of fused-ring (bicyclic) bond motifs is 13. The molecule has 10 aromatic carbocycles. The molecule has 2 aromatic heterocycles. The zero-order valence-electron chi connectivity index (χ0n) is 29.7. The van der Waals surface area contributed by atoms with Crippen molar-refractivity contribution in [1.82, 2.24) is 0 Å². The first-order valence-corrected chi connectivity index (χ1v) is 20.4. The fourth-order valence-corrected chi connectivity index (χ4v) is 11.2. The Hall–Kier alpha value is -6.52. The molecule has 3 heteroatoms. The molecule has 2 heterocycles. The first kappa shape index (κ1) is 30.9. The molecule has 256 valence electrons. The Bertz CT molecular complexity index is 3510. The van der Waals surface area contributed by atoms with E-state index in [0.717, 1.165) is 11.4 Å². The third kappa shape index (κ3) is 4.64. The average molecular weight is 734 g/mol. The topological polar surface area (TPSA) is 3.24 Å². The van der Waals surface area contributed by atoms with E-state index in [2.05, 4.69) is 193 Å². The lowest BCUT2D eigenvalue weighted by Gasteiger charge is -2.30. The van der Waals surface area contributed by atoms with Gasteiger partial charge in [0, 0.05) is 51.6 Å². The number of hydrogen-bond acceptors (Lipinski definition) is 3. The average Bonchev–Trinajstić information content (AvgIpc) is 3.82. The van der Waals surface area contributed by atoms with E-state index in [9.17, 15) is 0 Å². The lowest BCUT2D eigenvalue weighted by atomic mass is 9.89. The minimum Gasteiger partial charge on any atom is -0.309 e. The molecule has 0 amide bonds. The lowest BCUT2D eigenvalue weighted by Crippen LogP contribution is -2.12. The van der Waals surface area contributed by atoms with Crippen molar-refractivity contribution in [2.75, 3.05) is 4.90 Å². The van der Waals surface area contributed by atoms with Gasteiger partial charge < -0.3 is 4.90 Å². The molecule has 0 bridgehead atoms. The van der Waals surface area contributed by atoms with Crippen molar-refractivity contribution in [1.29, 1.82) is 0 Å². The smallest absolute Gasteiger partial charge is 0.0555 e. The van der Waals surface area contributed by atoms with Crippen molar-refractivity contribution in [3.63, 3.8) is 0 Å². The van der Waals surface area contributed by atoms with Crippen molar-refractivity contribution in [3.8, 4) is 11.1 Å². The third-order valence-corrected chi connectivity index (χ3v) is 13.7. The Labute approximate surface area is 325 Å². The minimum absolute atomic E-state index is 1.14. The summed E-state index contributed by atoms with van der Waals surface area (Å²) in [4.78, 5) is 2.56. The molecular weight excluding hydrogens is 703 g/mol. The predicted octanol–water partition coefficient (Wildman–Crippen LogP) is 16.2. The van der Waals surface area contributed by atoms with Gasteiger partial charge in [-0.05, 0) is 103 Å². The monoisotopic (exact) mass is 733 g/mol. The van der Waals surface area contributed by atoms with E-state index in [1.807, 2.05) is 22.7 Å². The lowest BCUT2D eigenvalue weighted by molar-refractivity contribution is 1.32. The van der Waals surface area contributed by atoms with Crippen LogP contribution in [0.2, 0.25) is 0 Å². The van der Waals surface area contributed by atoms with E-state index < -0.39 is 0 Å². The summed E-state index contributed by atoms with van der Waals surface area (Å²) in [6.45, 7) is 0. The molecule has 0 saturated carbocycles.